The van der Waals surface area contributed by atoms with Crippen LogP contribution in [0.5, 0.6) is 0 Å². The van der Waals surface area contributed by atoms with Crippen LogP contribution in [0.15, 0.2) is 30.5 Å². The maximum Gasteiger partial charge on any atom is 0.317 e. The monoisotopic (exact) mass is 272 g/mol. The predicted octanol–water partition coefficient (Wildman–Crippen LogP) is 0.836. The second kappa shape index (κ2) is 5.42. The molecule has 1 aromatic heterocycles. The van der Waals surface area contributed by atoms with Gasteiger partial charge in [0.05, 0.1) is 23.9 Å². The van der Waals surface area contributed by atoms with E-state index in [0.29, 0.717) is 0 Å². The van der Waals surface area contributed by atoms with Crippen molar-refractivity contribution in [3.8, 4) is 0 Å². The largest absolute Gasteiger partial charge is 0.480 e. The van der Waals surface area contributed by atoms with E-state index in [1.54, 1.807) is 6.20 Å². The van der Waals surface area contributed by atoms with E-state index in [9.17, 15) is 4.79 Å². The summed E-state index contributed by atoms with van der Waals surface area (Å²) in [7, 11) is 0. The van der Waals surface area contributed by atoms with Gasteiger partial charge in [0, 0.05) is 31.6 Å². The Morgan fingerprint density at radius 3 is 2.70 bits per heavy atom. The molecule has 2 heterocycles. The zero-order chi connectivity index (χ0) is 13.9. The first-order chi connectivity index (χ1) is 9.74. The Hall–Kier alpha value is -2.21. The Morgan fingerprint density at radius 1 is 1.20 bits per heavy atom. The van der Waals surface area contributed by atoms with E-state index in [1.165, 1.54) is 0 Å². The first-order valence-electron chi connectivity index (χ1n) is 6.63. The molecule has 0 spiro atoms. The van der Waals surface area contributed by atoms with E-state index in [2.05, 4.69) is 15.1 Å². The molecule has 0 amide bonds. The van der Waals surface area contributed by atoms with Crippen LogP contribution in [0.1, 0.15) is 0 Å². The van der Waals surface area contributed by atoms with Crippen LogP contribution < -0.4 is 4.90 Å². The molecular formula is C14H16N4O2. The van der Waals surface area contributed by atoms with E-state index >= 15 is 0 Å². The number of piperazine rings is 1. The van der Waals surface area contributed by atoms with Crippen LogP contribution in [-0.4, -0.2) is 58.9 Å². The van der Waals surface area contributed by atoms with Crippen LogP contribution in [0.2, 0.25) is 0 Å². The highest BCUT2D eigenvalue weighted by Gasteiger charge is 2.20. The predicted molar refractivity (Wildman–Crippen MR) is 75.8 cm³/mol. The molecule has 1 saturated heterocycles. The van der Waals surface area contributed by atoms with E-state index in [-0.39, 0.29) is 6.54 Å². The smallest absolute Gasteiger partial charge is 0.317 e. The summed E-state index contributed by atoms with van der Waals surface area (Å²) < 4.78 is 0. The Bertz CT molecular complexity index is 618. The van der Waals surface area contributed by atoms with Gasteiger partial charge < -0.3 is 10.0 Å². The van der Waals surface area contributed by atoms with Crippen LogP contribution in [0.4, 0.5) is 5.69 Å². The maximum absolute atomic E-state index is 10.7. The number of hydrogen-bond donors (Lipinski definition) is 1. The second-order valence-corrected chi connectivity index (χ2v) is 4.90. The molecule has 0 radical (unpaired) electrons. The SMILES string of the molecule is O=C(O)CN1CCN(c2cnnc3ccccc23)CC1. The zero-order valence-corrected chi connectivity index (χ0v) is 11.1. The Labute approximate surface area is 116 Å². The normalized spacial score (nSPS) is 16.5. The summed E-state index contributed by atoms with van der Waals surface area (Å²) in [5, 5.41) is 18.1. The van der Waals surface area contributed by atoms with Gasteiger partial charge in [-0.15, -0.1) is 0 Å². The molecule has 3 rings (SSSR count). The van der Waals surface area contributed by atoms with Crippen molar-refractivity contribution in [2.24, 2.45) is 0 Å². The van der Waals surface area contributed by atoms with Crippen molar-refractivity contribution < 1.29 is 9.90 Å². The number of nitrogens with zero attached hydrogens (tertiary/aromatic N) is 4. The highest BCUT2D eigenvalue weighted by atomic mass is 16.4. The number of fused-ring (bicyclic) bond motifs is 1. The minimum Gasteiger partial charge on any atom is -0.480 e. The van der Waals surface area contributed by atoms with E-state index in [1.807, 2.05) is 29.2 Å². The summed E-state index contributed by atoms with van der Waals surface area (Å²) in [6.07, 6.45) is 1.79. The minimum absolute atomic E-state index is 0.114. The average molecular weight is 272 g/mol. The number of carboxylic acid groups (broad SMARTS) is 1. The molecule has 0 bridgehead atoms. The molecule has 1 aromatic carbocycles. The number of aromatic nitrogens is 2. The summed E-state index contributed by atoms with van der Waals surface area (Å²) >= 11 is 0. The number of hydrogen-bond acceptors (Lipinski definition) is 5. The summed E-state index contributed by atoms with van der Waals surface area (Å²) in [6.45, 7) is 3.24. The Balaban J connectivity index is 1.78. The highest BCUT2D eigenvalue weighted by molar-refractivity contribution is 5.90. The lowest BCUT2D eigenvalue weighted by Gasteiger charge is -2.35. The van der Waals surface area contributed by atoms with Gasteiger partial charge in [0.15, 0.2) is 0 Å². The first-order valence-corrected chi connectivity index (χ1v) is 6.63. The molecule has 6 heteroatoms. The molecule has 6 nitrogen and oxygen atoms in total. The van der Waals surface area contributed by atoms with Crippen molar-refractivity contribution in [2.45, 2.75) is 0 Å². The molecule has 1 fully saturated rings. The average Bonchev–Trinajstić information content (AvgIpc) is 2.47. The summed E-state index contributed by atoms with van der Waals surface area (Å²) in [5.74, 6) is -0.769. The van der Waals surface area contributed by atoms with E-state index in [4.69, 9.17) is 5.11 Å². The topological polar surface area (TPSA) is 69.6 Å². The number of carbonyl (C=O) groups is 1. The third-order valence-corrected chi connectivity index (χ3v) is 3.60. The number of benzene rings is 1. The number of anilines is 1. The van der Waals surface area contributed by atoms with Gasteiger partial charge in [0.2, 0.25) is 0 Å². The summed E-state index contributed by atoms with van der Waals surface area (Å²) in [6, 6.07) is 7.94. The lowest BCUT2D eigenvalue weighted by molar-refractivity contribution is -0.138. The third kappa shape index (κ3) is 2.55. The summed E-state index contributed by atoms with van der Waals surface area (Å²) in [5.41, 5.74) is 1.96. The van der Waals surface area contributed by atoms with Crippen molar-refractivity contribution in [3.63, 3.8) is 0 Å². The van der Waals surface area contributed by atoms with Gasteiger partial charge in [0.25, 0.3) is 0 Å². The first kappa shape index (κ1) is 12.8. The van der Waals surface area contributed by atoms with Crippen LogP contribution in [0.25, 0.3) is 10.9 Å². The van der Waals surface area contributed by atoms with Crippen LogP contribution in [0, 0.1) is 0 Å². The Kier molecular flexibility index (Phi) is 3.47. The fourth-order valence-electron chi connectivity index (χ4n) is 2.58. The van der Waals surface area contributed by atoms with E-state index < -0.39 is 5.97 Å². The number of aliphatic carboxylic acids is 1. The van der Waals surface area contributed by atoms with Gasteiger partial charge >= 0.3 is 5.97 Å². The van der Waals surface area contributed by atoms with Crippen molar-refractivity contribution in [1.82, 2.24) is 15.1 Å². The van der Waals surface area contributed by atoms with Gasteiger partial charge in [-0.05, 0) is 6.07 Å². The fraction of sp³-hybridized carbons (Fsp3) is 0.357. The quantitative estimate of drug-likeness (QED) is 0.892. The standard InChI is InChI=1S/C14H16N4O2/c19-14(20)10-17-5-7-18(8-6-17)13-9-15-16-12-4-2-1-3-11(12)13/h1-4,9H,5-8,10H2,(H,19,20). The molecule has 20 heavy (non-hydrogen) atoms. The molecule has 1 aliphatic rings. The number of carboxylic acids is 1. The molecule has 0 unspecified atom stereocenters. The van der Waals surface area contributed by atoms with Crippen molar-refractivity contribution in [2.75, 3.05) is 37.6 Å². The molecule has 1 N–H and O–H groups in total. The number of rotatable bonds is 3. The lowest BCUT2D eigenvalue weighted by atomic mass is 10.2. The van der Waals surface area contributed by atoms with Crippen molar-refractivity contribution in [3.05, 3.63) is 30.5 Å². The van der Waals surface area contributed by atoms with Crippen molar-refractivity contribution in [1.29, 1.82) is 0 Å². The molecule has 1 aliphatic heterocycles. The third-order valence-electron chi connectivity index (χ3n) is 3.60. The molecule has 0 saturated carbocycles. The lowest BCUT2D eigenvalue weighted by Crippen LogP contribution is -2.48. The molecule has 2 aromatic rings. The minimum atomic E-state index is -0.769. The van der Waals surface area contributed by atoms with Crippen LogP contribution in [0.3, 0.4) is 0 Å². The maximum atomic E-state index is 10.7. The van der Waals surface area contributed by atoms with Gasteiger partial charge in [-0.25, -0.2) is 0 Å². The Morgan fingerprint density at radius 2 is 1.95 bits per heavy atom. The fourth-order valence-corrected chi connectivity index (χ4v) is 2.58. The molecule has 104 valence electrons. The molecular weight excluding hydrogens is 256 g/mol. The van der Waals surface area contributed by atoms with Gasteiger partial charge in [-0.1, -0.05) is 18.2 Å². The van der Waals surface area contributed by atoms with E-state index in [0.717, 1.165) is 42.8 Å². The molecule has 0 atom stereocenters. The van der Waals surface area contributed by atoms with Crippen molar-refractivity contribution >= 4 is 22.6 Å². The summed E-state index contributed by atoms with van der Waals surface area (Å²) in [4.78, 5) is 14.9. The molecule has 0 aliphatic carbocycles. The second-order valence-electron chi connectivity index (χ2n) is 4.90. The van der Waals surface area contributed by atoms with Crippen LogP contribution in [-0.2, 0) is 4.79 Å². The zero-order valence-electron chi connectivity index (χ0n) is 11.1. The highest BCUT2D eigenvalue weighted by Crippen LogP contribution is 2.24. The van der Waals surface area contributed by atoms with Gasteiger partial charge in [-0.2, -0.15) is 10.2 Å². The van der Waals surface area contributed by atoms with Crippen LogP contribution >= 0.6 is 0 Å². The van der Waals surface area contributed by atoms with Gasteiger partial charge in [0.1, 0.15) is 0 Å². The van der Waals surface area contributed by atoms with Gasteiger partial charge in [-0.3, -0.25) is 9.69 Å².